The highest BCUT2D eigenvalue weighted by Gasteiger charge is 2.05. The third-order valence-corrected chi connectivity index (χ3v) is 2.32. The van der Waals surface area contributed by atoms with E-state index >= 15 is 0 Å². The van der Waals surface area contributed by atoms with Crippen LogP contribution in [0.15, 0.2) is 29.2 Å². The van der Waals surface area contributed by atoms with Crippen LogP contribution in [0.5, 0.6) is 5.75 Å². The van der Waals surface area contributed by atoms with Crippen LogP contribution in [0.3, 0.4) is 0 Å². The number of sulfonamides is 1. The molecular weight excluding hydrogens is 177 g/mol. The summed E-state index contributed by atoms with van der Waals surface area (Å²) in [4.78, 5) is 0.0864. The summed E-state index contributed by atoms with van der Waals surface area (Å²) in [7, 11) is -2.08. The summed E-state index contributed by atoms with van der Waals surface area (Å²) >= 11 is 0. The first-order chi connectivity index (χ1) is 5.54. The number of benzene rings is 1. The third-order valence-electron chi connectivity index (χ3n) is 1.39. The third kappa shape index (κ3) is 1.96. The van der Waals surface area contributed by atoms with Gasteiger partial charge in [0, 0.05) is 0 Å². The topological polar surface area (TPSA) is 69.4 Å². The Morgan fingerprint density at radius 2 is 1.75 bits per heavy atom. The molecule has 0 radical (unpaired) electrons. The number of rotatable bonds is 2. The molecule has 1 rings (SSSR count). The normalized spacial score (nSPS) is 11.2. The molecule has 0 amide bonds. The fourth-order valence-electron chi connectivity index (χ4n) is 0.765. The van der Waals surface area contributed by atoms with Gasteiger partial charge in [0.2, 0.25) is 10.0 Å². The van der Waals surface area contributed by atoms with Crippen LogP contribution in [0.1, 0.15) is 0 Å². The van der Waals surface area contributed by atoms with E-state index in [1.807, 2.05) is 0 Å². The largest absolute Gasteiger partial charge is 0.497 e. The summed E-state index contributed by atoms with van der Waals surface area (Å²) in [5, 5.41) is 4.88. The van der Waals surface area contributed by atoms with Crippen LogP contribution < -0.4 is 9.88 Å². The Balaban J connectivity index is 3.09. The lowest BCUT2D eigenvalue weighted by Crippen LogP contribution is -2.11. The first kappa shape index (κ1) is 9.02. The lowest BCUT2D eigenvalue weighted by molar-refractivity contribution is 0.414. The van der Waals surface area contributed by atoms with Gasteiger partial charge in [0.1, 0.15) is 5.75 Å². The van der Waals surface area contributed by atoms with E-state index in [-0.39, 0.29) is 4.90 Å². The van der Waals surface area contributed by atoms with Gasteiger partial charge in [-0.25, -0.2) is 13.6 Å². The van der Waals surface area contributed by atoms with Crippen molar-refractivity contribution in [1.82, 2.24) is 0 Å². The van der Waals surface area contributed by atoms with Crippen LogP contribution in [-0.2, 0) is 10.0 Å². The van der Waals surface area contributed by atoms with Gasteiger partial charge < -0.3 is 4.74 Å². The van der Waals surface area contributed by atoms with Gasteiger partial charge in [-0.3, -0.25) is 0 Å². The van der Waals surface area contributed by atoms with E-state index in [0.717, 1.165) is 0 Å². The smallest absolute Gasteiger partial charge is 0.238 e. The minimum Gasteiger partial charge on any atom is -0.497 e. The molecule has 0 atom stereocenters. The highest BCUT2D eigenvalue weighted by Crippen LogP contribution is 2.13. The van der Waals surface area contributed by atoms with Crippen LogP contribution >= 0.6 is 0 Å². The van der Waals surface area contributed by atoms with Gasteiger partial charge in [0.15, 0.2) is 0 Å². The van der Waals surface area contributed by atoms with Crippen molar-refractivity contribution in [2.75, 3.05) is 7.11 Å². The summed E-state index contributed by atoms with van der Waals surface area (Å²) in [6.07, 6.45) is 0. The van der Waals surface area contributed by atoms with Crippen molar-refractivity contribution in [3.8, 4) is 5.75 Å². The number of hydrogen-bond donors (Lipinski definition) is 1. The van der Waals surface area contributed by atoms with Crippen LogP contribution in [-0.4, -0.2) is 15.5 Å². The lowest BCUT2D eigenvalue weighted by Gasteiger charge is -2.00. The molecule has 0 aromatic heterocycles. The monoisotopic (exact) mass is 186 g/mol. The quantitative estimate of drug-likeness (QED) is 0.724. The van der Waals surface area contributed by atoms with Gasteiger partial charge in [-0.15, -0.1) is 0 Å². The van der Waals surface area contributed by atoms with Crippen molar-refractivity contribution in [2.24, 2.45) is 5.14 Å². The van der Waals surface area contributed by atoms with Gasteiger partial charge in [0.05, 0.1) is 12.0 Å². The molecule has 2 N–H and O–H groups in total. The van der Waals surface area contributed by atoms with E-state index in [9.17, 15) is 8.42 Å². The molecule has 0 saturated carbocycles. The molecule has 66 valence electrons. The SMILES string of the molecule is [11CH3]Oc1ccc(S(N)(=O)=O)cc1. The fraction of sp³-hybridized carbons (Fsp3) is 0.143. The maximum absolute atomic E-state index is 10.8. The zero-order chi connectivity index (χ0) is 9.19. The average Bonchev–Trinajstić information content (AvgIpc) is 2.03. The molecule has 1 aromatic carbocycles. The Kier molecular flexibility index (Phi) is 2.35. The summed E-state index contributed by atoms with van der Waals surface area (Å²) in [5.74, 6) is 0.599. The summed E-state index contributed by atoms with van der Waals surface area (Å²) in [6.45, 7) is 0. The first-order valence-corrected chi connectivity index (χ1v) is 4.75. The second-order valence-electron chi connectivity index (χ2n) is 2.22. The molecule has 5 heteroatoms. The van der Waals surface area contributed by atoms with Gasteiger partial charge in [-0.05, 0) is 24.3 Å². The number of primary sulfonamides is 1. The molecule has 0 fully saturated rings. The minimum absolute atomic E-state index is 0.0864. The maximum Gasteiger partial charge on any atom is 0.238 e. The Hall–Kier alpha value is -1.07. The zero-order valence-electron chi connectivity index (χ0n) is 6.52. The second-order valence-corrected chi connectivity index (χ2v) is 3.78. The van der Waals surface area contributed by atoms with Gasteiger partial charge in [0.25, 0.3) is 0 Å². The Morgan fingerprint density at radius 1 is 1.25 bits per heavy atom. The van der Waals surface area contributed by atoms with E-state index in [4.69, 9.17) is 9.88 Å². The molecule has 0 aliphatic carbocycles. The number of nitrogens with two attached hydrogens (primary N) is 1. The molecule has 0 aliphatic rings. The Labute approximate surface area is 71.0 Å². The molecule has 1 aromatic rings. The van der Waals surface area contributed by atoms with Crippen molar-refractivity contribution in [3.63, 3.8) is 0 Å². The minimum atomic E-state index is -3.58. The van der Waals surface area contributed by atoms with E-state index in [1.165, 1.54) is 19.2 Å². The van der Waals surface area contributed by atoms with Gasteiger partial charge in [-0.1, -0.05) is 0 Å². The van der Waals surface area contributed by atoms with E-state index < -0.39 is 10.0 Å². The number of methoxy groups -OCH3 is 1. The zero-order valence-corrected chi connectivity index (χ0v) is 7.34. The highest BCUT2D eigenvalue weighted by molar-refractivity contribution is 7.89. The lowest BCUT2D eigenvalue weighted by atomic mass is 10.3. The molecular formula is C7H9NO3S. The van der Waals surface area contributed by atoms with E-state index in [2.05, 4.69) is 0 Å². The molecule has 0 spiro atoms. The highest BCUT2D eigenvalue weighted by atomic mass is 32.2. The van der Waals surface area contributed by atoms with Crippen molar-refractivity contribution in [3.05, 3.63) is 24.3 Å². The van der Waals surface area contributed by atoms with Gasteiger partial charge >= 0.3 is 0 Å². The van der Waals surface area contributed by atoms with Crippen molar-refractivity contribution in [2.45, 2.75) is 4.90 Å². The van der Waals surface area contributed by atoms with Crippen LogP contribution in [0.4, 0.5) is 0 Å². The number of hydrogen-bond acceptors (Lipinski definition) is 3. The second kappa shape index (κ2) is 3.12. The molecule has 0 aliphatic heterocycles. The van der Waals surface area contributed by atoms with Crippen molar-refractivity contribution < 1.29 is 13.2 Å². The van der Waals surface area contributed by atoms with Crippen LogP contribution in [0.25, 0.3) is 0 Å². The fourth-order valence-corrected chi connectivity index (χ4v) is 1.28. The Bertz CT molecular complexity index is 355. The van der Waals surface area contributed by atoms with Crippen LogP contribution in [0.2, 0.25) is 0 Å². The molecule has 0 unspecified atom stereocenters. The van der Waals surface area contributed by atoms with Crippen molar-refractivity contribution in [1.29, 1.82) is 0 Å². The summed E-state index contributed by atoms with van der Waals surface area (Å²) in [5.41, 5.74) is 0. The molecule has 0 bridgehead atoms. The van der Waals surface area contributed by atoms with Gasteiger partial charge in [-0.2, -0.15) is 0 Å². The Morgan fingerprint density at radius 3 is 2.08 bits per heavy atom. The molecule has 4 nitrogen and oxygen atoms in total. The van der Waals surface area contributed by atoms with Crippen molar-refractivity contribution >= 4 is 10.0 Å². The van der Waals surface area contributed by atoms with E-state index in [0.29, 0.717) is 5.75 Å². The molecule has 0 heterocycles. The predicted molar refractivity (Wildman–Crippen MR) is 44.4 cm³/mol. The summed E-state index contributed by atoms with van der Waals surface area (Å²) in [6, 6.07) is 5.88. The predicted octanol–water partition coefficient (Wildman–Crippen LogP) is 0.343. The average molecular weight is 186 g/mol. The van der Waals surface area contributed by atoms with Crippen LogP contribution in [0, 0.1) is 0 Å². The molecule has 0 saturated heterocycles. The number of ether oxygens (including phenoxy) is 1. The first-order valence-electron chi connectivity index (χ1n) is 3.21. The molecule has 12 heavy (non-hydrogen) atoms. The summed E-state index contributed by atoms with van der Waals surface area (Å²) < 4.78 is 26.4. The maximum atomic E-state index is 10.8. The standard InChI is InChI=1S/C7H9NO3S/c1-11-6-2-4-7(5-3-6)12(8,9)10/h2-5H,1H3,(H2,8,9,10)/i1-1. The van der Waals surface area contributed by atoms with E-state index in [1.54, 1.807) is 12.1 Å².